The number of nitrogens with one attached hydrogen (secondary N) is 1. The van der Waals surface area contributed by atoms with Crippen LogP contribution in [0.25, 0.3) is 20.4 Å². The molecule has 2 aliphatic rings. The van der Waals surface area contributed by atoms with Crippen molar-refractivity contribution in [2.45, 2.75) is 31.7 Å². The summed E-state index contributed by atoms with van der Waals surface area (Å²) in [4.78, 5) is 35.4. The van der Waals surface area contributed by atoms with Crippen LogP contribution in [0.1, 0.15) is 30.7 Å². The molecule has 0 amide bonds. The zero-order valence-electron chi connectivity index (χ0n) is 20.5. The van der Waals surface area contributed by atoms with E-state index in [1.807, 2.05) is 30.3 Å². The number of hydrogen-bond donors (Lipinski definition) is 1. The first-order valence-corrected chi connectivity index (χ1v) is 13.0. The zero-order chi connectivity index (χ0) is 23.9. The maximum atomic E-state index is 13.0. The average Bonchev–Trinajstić information content (AvgIpc) is 3.26. The number of benzene rings is 1. The fraction of sp³-hybridized carbons (Fsp3) is 0.423. The second-order valence-corrected chi connectivity index (χ2v) is 10.4. The van der Waals surface area contributed by atoms with E-state index in [1.54, 1.807) is 13.3 Å². The van der Waals surface area contributed by atoms with Gasteiger partial charge in [-0.15, -0.1) is 36.2 Å². The molecule has 0 saturated carbocycles. The first-order valence-electron chi connectivity index (χ1n) is 12.2. The number of nitrogens with zero attached hydrogens (tertiary/aromatic N) is 3. The molecule has 1 N–H and O–H groups in total. The Morgan fingerprint density at radius 3 is 2.84 bits per heavy atom. The second-order valence-electron chi connectivity index (χ2n) is 9.39. The third-order valence-electron chi connectivity index (χ3n) is 7.36. The SMILES string of the molecule is COc1cccc2c1[C@H]1CCN(CCCCn3c(=O)[nH]c4c(sc5cccnc54)c3=O)C[C@@H]1CO2.Cl.Cl. The van der Waals surface area contributed by atoms with Crippen LogP contribution in [0.5, 0.6) is 11.5 Å². The van der Waals surface area contributed by atoms with Crippen molar-refractivity contribution in [3.63, 3.8) is 0 Å². The van der Waals surface area contributed by atoms with Crippen LogP contribution in [0.2, 0.25) is 0 Å². The maximum Gasteiger partial charge on any atom is 0.328 e. The maximum absolute atomic E-state index is 13.0. The second kappa shape index (κ2) is 11.4. The van der Waals surface area contributed by atoms with Crippen molar-refractivity contribution >= 4 is 56.6 Å². The molecule has 1 saturated heterocycles. The summed E-state index contributed by atoms with van der Waals surface area (Å²) >= 11 is 1.39. The van der Waals surface area contributed by atoms with E-state index < -0.39 is 0 Å². The Hall–Kier alpha value is -2.59. The monoisotopic (exact) mass is 564 g/mol. The van der Waals surface area contributed by atoms with Crippen LogP contribution in [0.4, 0.5) is 0 Å². The Morgan fingerprint density at radius 2 is 2.00 bits per heavy atom. The molecule has 11 heteroatoms. The number of piperidine rings is 1. The Morgan fingerprint density at radius 1 is 1.16 bits per heavy atom. The first-order chi connectivity index (χ1) is 17.1. The lowest BCUT2D eigenvalue weighted by molar-refractivity contribution is 0.0902. The van der Waals surface area contributed by atoms with Gasteiger partial charge in [-0.2, -0.15) is 0 Å². The molecular weight excluding hydrogens is 535 g/mol. The normalized spacial score (nSPS) is 18.8. The van der Waals surface area contributed by atoms with E-state index in [0.717, 1.165) is 61.7 Å². The molecule has 0 unspecified atom stereocenters. The van der Waals surface area contributed by atoms with Crippen LogP contribution in [0.3, 0.4) is 0 Å². The number of H-pyrrole nitrogens is 1. The third-order valence-corrected chi connectivity index (χ3v) is 8.49. The van der Waals surface area contributed by atoms with Crippen LogP contribution in [0, 0.1) is 5.92 Å². The number of likely N-dealkylation sites (tertiary alicyclic amines) is 1. The number of halogens is 2. The van der Waals surface area contributed by atoms with Crippen LogP contribution in [0.15, 0.2) is 46.1 Å². The first kappa shape index (κ1) is 27.4. The lowest BCUT2D eigenvalue weighted by atomic mass is 9.78. The molecule has 0 bridgehead atoms. The van der Waals surface area contributed by atoms with Gasteiger partial charge in [-0.1, -0.05) is 6.07 Å². The summed E-state index contributed by atoms with van der Waals surface area (Å²) in [6, 6.07) is 9.80. The van der Waals surface area contributed by atoms with E-state index in [0.29, 0.717) is 34.1 Å². The fourth-order valence-electron chi connectivity index (χ4n) is 5.64. The highest BCUT2D eigenvalue weighted by Crippen LogP contribution is 2.46. The van der Waals surface area contributed by atoms with Gasteiger partial charge in [0.25, 0.3) is 5.56 Å². The van der Waals surface area contributed by atoms with Crippen molar-refractivity contribution in [1.29, 1.82) is 0 Å². The quantitative estimate of drug-likeness (QED) is 0.348. The fourth-order valence-corrected chi connectivity index (χ4v) is 6.71. The Balaban J connectivity index is 0.00000160. The number of methoxy groups -OCH3 is 1. The molecule has 8 nitrogen and oxygen atoms in total. The van der Waals surface area contributed by atoms with Crippen molar-refractivity contribution in [3.05, 3.63) is 62.9 Å². The minimum Gasteiger partial charge on any atom is -0.496 e. The lowest BCUT2D eigenvalue weighted by Gasteiger charge is -2.42. The van der Waals surface area contributed by atoms with Crippen molar-refractivity contribution in [3.8, 4) is 11.5 Å². The molecule has 1 aromatic carbocycles. The van der Waals surface area contributed by atoms with E-state index >= 15 is 0 Å². The summed E-state index contributed by atoms with van der Waals surface area (Å²) in [5.41, 5.74) is 1.87. The minimum absolute atomic E-state index is 0. The zero-order valence-corrected chi connectivity index (χ0v) is 22.9. The van der Waals surface area contributed by atoms with Gasteiger partial charge in [0, 0.05) is 30.8 Å². The summed E-state index contributed by atoms with van der Waals surface area (Å²) in [5, 5.41) is 0. The number of rotatable bonds is 6. The van der Waals surface area contributed by atoms with Crippen molar-refractivity contribution in [1.82, 2.24) is 19.4 Å². The topological polar surface area (TPSA) is 89.5 Å². The van der Waals surface area contributed by atoms with Gasteiger partial charge in [0.1, 0.15) is 21.7 Å². The number of hydrogen-bond acceptors (Lipinski definition) is 7. The number of fused-ring (bicyclic) bond motifs is 6. The molecule has 1 fully saturated rings. The van der Waals surface area contributed by atoms with Gasteiger partial charge < -0.3 is 19.4 Å². The summed E-state index contributed by atoms with van der Waals surface area (Å²) in [6.45, 7) is 4.11. The highest BCUT2D eigenvalue weighted by Gasteiger charge is 2.37. The predicted molar refractivity (Wildman–Crippen MR) is 152 cm³/mol. The molecule has 0 spiro atoms. The smallest absolute Gasteiger partial charge is 0.328 e. The predicted octanol–water partition coefficient (Wildman–Crippen LogP) is 4.43. The van der Waals surface area contributed by atoms with Crippen LogP contribution >= 0.6 is 36.2 Å². The molecule has 2 aliphatic heterocycles. The third kappa shape index (κ3) is 4.97. The van der Waals surface area contributed by atoms with E-state index in [-0.39, 0.29) is 36.1 Å². The summed E-state index contributed by atoms with van der Waals surface area (Å²) < 4.78 is 14.5. The molecular formula is C26H30Cl2N4O4S. The van der Waals surface area contributed by atoms with E-state index in [1.165, 1.54) is 21.5 Å². The van der Waals surface area contributed by atoms with Gasteiger partial charge in [-0.3, -0.25) is 14.3 Å². The van der Waals surface area contributed by atoms with Crippen LogP contribution in [-0.2, 0) is 6.54 Å². The lowest BCUT2D eigenvalue weighted by Crippen LogP contribution is -2.44. The molecule has 0 aliphatic carbocycles. The van der Waals surface area contributed by atoms with E-state index in [4.69, 9.17) is 9.47 Å². The van der Waals surface area contributed by atoms with Gasteiger partial charge >= 0.3 is 5.69 Å². The average molecular weight is 566 g/mol. The molecule has 4 aromatic rings. The van der Waals surface area contributed by atoms with Gasteiger partial charge in [0.2, 0.25) is 0 Å². The van der Waals surface area contributed by atoms with Crippen molar-refractivity contribution in [2.75, 3.05) is 33.4 Å². The van der Waals surface area contributed by atoms with Crippen molar-refractivity contribution in [2.24, 2.45) is 5.92 Å². The molecule has 6 rings (SSSR count). The largest absolute Gasteiger partial charge is 0.496 e. The van der Waals surface area contributed by atoms with Crippen LogP contribution < -0.4 is 20.7 Å². The highest BCUT2D eigenvalue weighted by atomic mass is 35.5. The number of aromatic amines is 1. The van der Waals surface area contributed by atoms with Crippen molar-refractivity contribution < 1.29 is 9.47 Å². The number of aromatic nitrogens is 3. The Kier molecular flexibility index (Phi) is 8.48. The number of pyridine rings is 1. The molecule has 0 radical (unpaired) electrons. The van der Waals surface area contributed by atoms with E-state index in [9.17, 15) is 9.59 Å². The summed E-state index contributed by atoms with van der Waals surface area (Å²) in [6.07, 6.45) is 4.46. The number of thiophene rings is 1. The highest BCUT2D eigenvalue weighted by molar-refractivity contribution is 7.25. The number of ether oxygens (including phenoxy) is 2. The van der Waals surface area contributed by atoms with Gasteiger partial charge in [-0.25, -0.2) is 4.79 Å². The van der Waals surface area contributed by atoms with Gasteiger partial charge in [0.15, 0.2) is 0 Å². The minimum atomic E-state index is -0.361. The standard InChI is InChI=1S/C26H28N4O4S.2ClH/c1-33-18-6-4-7-19-21(18)17-9-13-29(14-16(17)15-34-19)11-2-3-12-30-25(31)24-23(28-26(30)32)22-20(35-24)8-5-10-27-22;;/h4-8,10,16-17H,2-3,9,11-15H2,1H3,(H,28,32);2*1H/t16-,17+;;/m1../s1. The Labute approximate surface area is 230 Å². The molecule has 2 atom stereocenters. The Bertz CT molecular complexity index is 1500. The molecule has 198 valence electrons. The summed E-state index contributed by atoms with van der Waals surface area (Å²) in [7, 11) is 1.72. The van der Waals surface area contributed by atoms with E-state index in [2.05, 4.69) is 14.9 Å². The number of unbranched alkanes of at least 4 members (excludes halogenated alkanes) is 1. The van der Waals surface area contributed by atoms with Crippen LogP contribution in [-0.4, -0.2) is 52.8 Å². The summed E-state index contributed by atoms with van der Waals surface area (Å²) in [5.74, 6) is 2.79. The molecule has 37 heavy (non-hydrogen) atoms. The molecule has 5 heterocycles. The van der Waals surface area contributed by atoms with Gasteiger partial charge in [-0.05, 0) is 62.5 Å². The molecule has 3 aromatic heterocycles. The van der Waals surface area contributed by atoms with Gasteiger partial charge in [0.05, 0.1) is 23.9 Å².